The van der Waals surface area contributed by atoms with E-state index in [0.29, 0.717) is 26.4 Å². The van der Waals surface area contributed by atoms with Gasteiger partial charge in [-0.05, 0) is 22.3 Å². The summed E-state index contributed by atoms with van der Waals surface area (Å²) in [7, 11) is 0. The van der Waals surface area contributed by atoms with E-state index in [2.05, 4.69) is 107 Å². The summed E-state index contributed by atoms with van der Waals surface area (Å²) in [6, 6.07) is 29.4. The number of hydrogen-bond donors (Lipinski definition) is 0. The maximum absolute atomic E-state index is 5.72. The van der Waals surface area contributed by atoms with E-state index in [1.165, 1.54) is 22.3 Å². The number of halogens is 2. The van der Waals surface area contributed by atoms with Crippen LogP contribution >= 0.6 is 0 Å². The number of pyridine rings is 2. The van der Waals surface area contributed by atoms with Gasteiger partial charge in [-0.2, -0.15) is 0 Å². The van der Waals surface area contributed by atoms with Gasteiger partial charge in [-0.15, -0.1) is 0 Å². The van der Waals surface area contributed by atoms with E-state index in [-0.39, 0.29) is 24.8 Å². The van der Waals surface area contributed by atoms with Crippen LogP contribution in [0.1, 0.15) is 0 Å². The van der Waals surface area contributed by atoms with Crippen LogP contribution in [0.15, 0.2) is 110 Å². The highest BCUT2D eigenvalue weighted by atomic mass is 35.5. The Hall–Kier alpha value is -2.76. The van der Waals surface area contributed by atoms with E-state index in [1.807, 2.05) is 12.1 Å². The van der Waals surface area contributed by atoms with Gasteiger partial charge < -0.3 is 34.3 Å². The molecule has 0 radical (unpaired) electrons. The second-order valence-corrected chi connectivity index (χ2v) is 7.61. The highest BCUT2D eigenvalue weighted by Crippen LogP contribution is 2.17. The van der Waals surface area contributed by atoms with Crippen LogP contribution in [-0.4, -0.2) is 26.4 Å². The van der Waals surface area contributed by atoms with Crippen molar-refractivity contribution in [3.05, 3.63) is 110 Å². The third-order valence-corrected chi connectivity index (χ3v) is 5.36. The van der Waals surface area contributed by atoms with E-state index < -0.39 is 0 Å². The van der Waals surface area contributed by atoms with Crippen LogP contribution in [0, 0.1) is 0 Å². The van der Waals surface area contributed by atoms with Crippen LogP contribution < -0.4 is 33.9 Å². The average molecular weight is 497 g/mol. The van der Waals surface area contributed by atoms with E-state index in [4.69, 9.17) is 9.47 Å². The molecular weight excluding hydrogens is 467 g/mol. The zero-order valence-corrected chi connectivity index (χ0v) is 20.6. The van der Waals surface area contributed by atoms with E-state index >= 15 is 0 Å². The van der Waals surface area contributed by atoms with Gasteiger partial charge in [-0.25, -0.2) is 9.13 Å². The van der Waals surface area contributed by atoms with Crippen molar-refractivity contribution in [3.8, 4) is 22.3 Å². The zero-order valence-electron chi connectivity index (χ0n) is 19.1. The fraction of sp³-hybridized carbons (Fsp3) is 0.214. The molecule has 2 aromatic carbocycles. The number of rotatable bonds is 11. The quantitative estimate of drug-likeness (QED) is 0.183. The largest absolute Gasteiger partial charge is 1.00 e. The van der Waals surface area contributed by atoms with Crippen LogP contribution in [0.25, 0.3) is 22.3 Å². The van der Waals surface area contributed by atoms with Crippen molar-refractivity contribution in [2.75, 3.05) is 26.4 Å². The number of benzene rings is 2. The van der Waals surface area contributed by atoms with Crippen molar-refractivity contribution >= 4 is 0 Å². The van der Waals surface area contributed by atoms with Gasteiger partial charge in [0.25, 0.3) is 0 Å². The summed E-state index contributed by atoms with van der Waals surface area (Å²) in [5.74, 6) is 0. The summed E-state index contributed by atoms with van der Waals surface area (Å²) < 4.78 is 15.7. The molecule has 0 aliphatic carbocycles. The second-order valence-electron chi connectivity index (χ2n) is 7.61. The van der Waals surface area contributed by atoms with Crippen LogP contribution in [0.2, 0.25) is 0 Å². The van der Waals surface area contributed by atoms with Gasteiger partial charge in [0.1, 0.15) is 13.2 Å². The predicted octanol–water partition coefficient (Wildman–Crippen LogP) is -1.66. The molecule has 34 heavy (non-hydrogen) atoms. The normalized spacial score (nSPS) is 10.2. The lowest BCUT2D eigenvalue weighted by molar-refractivity contribution is -0.699. The van der Waals surface area contributed by atoms with Gasteiger partial charge in [0, 0.05) is 24.3 Å². The van der Waals surface area contributed by atoms with Gasteiger partial charge in [-0.1, -0.05) is 60.7 Å². The van der Waals surface area contributed by atoms with E-state index in [9.17, 15) is 0 Å². The molecule has 0 aliphatic heterocycles. The molecule has 4 rings (SSSR count). The fourth-order valence-corrected chi connectivity index (χ4v) is 3.52. The Morgan fingerprint density at radius 3 is 1.09 bits per heavy atom. The molecule has 0 saturated heterocycles. The molecular formula is C28H30Cl2N2O2. The van der Waals surface area contributed by atoms with Crippen LogP contribution in [0.4, 0.5) is 0 Å². The summed E-state index contributed by atoms with van der Waals surface area (Å²) >= 11 is 0. The molecule has 0 N–H and O–H groups in total. The summed E-state index contributed by atoms with van der Waals surface area (Å²) in [6.45, 7) is 4.24. The maximum atomic E-state index is 5.72. The first-order valence-corrected chi connectivity index (χ1v) is 11.1. The van der Waals surface area contributed by atoms with Crippen molar-refractivity contribution in [2.45, 2.75) is 13.1 Å². The Labute approximate surface area is 214 Å². The molecule has 0 aliphatic rings. The van der Waals surface area contributed by atoms with Crippen molar-refractivity contribution < 1.29 is 43.4 Å². The molecule has 0 spiro atoms. The smallest absolute Gasteiger partial charge is 0.171 e. The molecule has 0 fully saturated rings. The van der Waals surface area contributed by atoms with E-state index in [0.717, 1.165) is 13.1 Å². The first-order valence-electron chi connectivity index (χ1n) is 11.1. The van der Waals surface area contributed by atoms with Crippen LogP contribution in [-0.2, 0) is 22.6 Å². The predicted molar refractivity (Wildman–Crippen MR) is 126 cm³/mol. The highest BCUT2D eigenvalue weighted by molar-refractivity contribution is 5.62. The second kappa shape index (κ2) is 15.2. The number of hydrogen-bond acceptors (Lipinski definition) is 2. The highest BCUT2D eigenvalue weighted by Gasteiger charge is 2.04. The SMILES string of the molecule is [Cl-].[Cl-].c1ccc(-c2cc[n+](CCOCCOCC[n+]3ccc(-c4ccccc4)cc3)cc2)cc1. The van der Waals surface area contributed by atoms with Gasteiger partial charge in [-0.3, -0.25) is 0 Å². The van der Waals surface area contributed by atoms with Crippen molar-refractivity contribution in [1.82, 2.24) is 0 Å². The Morgan fingerprint density at radius 1 is 0.412 bits per heavy atom. The number of aromatic nitrogens is 2. The summed E-state index contributed by atoms with van der Waals surface area (Å²) in [6.07, 6.45) is 8.40. The minimum absolute atomic E-state index is 0. The first-order chi connectivity index (χ1) is 15.9. The summed E-state index contributed by atoms with van der Waals surface area (Å²) in [5.41, 5.74) is 4.92. The molecule has 0 bridgehead atoms. The Bertz CT molecular complexity index is 972. The standard InChI is InChI=1S/C28H30N2O2.2ClH/c1-3-7-25(8-4-1)27-11-15-29(16-12-27)19-21-31-23-24-32-22-20-30-17-13-28(14-18-30)26-9-5-2-6-10-26;;/h1-18H,19-24H2;2*1H/q+2;;/p-2. The third kappa shape index (κ3) is 8.54. The van der Waals surface area contributed by atoms with Crippen LogP contribution in [0.3, 0.4) is 0 Å². The van der Waals surface area contributed by atoms with Gasteiger partial charge in [0.15, 0.2) is 37.9 Å². The van der Waals surface area contributed by atoms with Gasteiger partial charge in [0.2, 0.25) is 0 Å². The molecule has 2 heterocycles. The minimum atomic E-state index is 0. The van der Waals surface area contributed by atoms with Gasteiger partial charge in [0.05, 0.1) is 13.2 Å². The van der Waals surface area contributed by atoms with Crippen molar-refractivity contribution in [1.29, 1.82) is 0 Å². The molecule has 6 heteroatoms. The summed E-state index contributed by atoms with van der Waals surface area (Å²) in [4.78, 5) is 0. The molecule has 2 aromatic heterocycles. The Morgan fingerprint density at radius 2 is 0.735 bits per heavy atom. The topological polar surface area (TPSA) is 26.2 Å². The third-order valence-electron chi connectivity index (χ3n) is 5.36. The molecule has 4 aromatic rings. The van der Waals surface area contributed by atoms with Crippen molar-refractivity contribution in [3.63, 3.8) is 0 Å². The number of nitrogens with zero attached hydrogens (tertiary/aromatic N) is 2. The maximum Gasteiger partial charge on any atom is 0.171 e. The lowest BCUT2D eigenvalue weighted by atomic mass is 10.1. The lowest BCUT2D eigenvalue weighted by Crippen LogP contribution is -3.00. The lowest BCUT2D eigenvalue weighted by Gasteiger charge is -2.05. The first kappa shape index (κ1) is 27.5. The molecule has 4 nitrogen and oxygen atoms in total. The summed E-state index contributed by atoms with van der Waals surface area (Å²) in [5, 5.41) is 0. The molecule has 0 unspecified atom stereocenters. The van der Waals surface area contributed by atoms with Gasteiger partial charge >= 0.3 is 0 Å². The van der Waals surface area contributed by atoms with E-state index in [1.54, 1.807) is 0 Å². The molecule has 0 amide bonds. The monoisotopic (exact) mass is 496 g/mol. The van der Waals surface area contributed by atoms with Crippen molar-refractivity contribution in [2.24, 2.45) is 0 Å². The van der Waals surface area contributed by atoms with Crippen LogP contribution in [0.5, 0.6) is 0 Å². The number of ether oxygens (including phenoxy) is 2. The molecule has 178 valence electrons. The fourth-order valence-electron chi connectivity index (χ4n) is 3.52. The Balaban J connectivity index is 0.00000204. The minimum Gasteiger partial charge on any atom is -1.00 e. The average Bonchev–Trinajstić information content (AvgIpc) is 2.87. The zero-order chi connectivity index (χ0) is 21.8. The molecule has 0 atom stereocenters. The Kier molecular flexibility index (Phi) is 12.3. The molecule has 0 saturated carbocycles.